The van der Waals surface area contributed by atoms with Gasteiger partial charge in [-0.1, -0.05) is 11.8 Å². The van der Waals surface area contributed by atoms with E-state index < -0.39 is 9.31 Å². The highest BCUT2D eigenvalue weighted by Gasteiger charge is 2.61. The van der Waals surface area contributed by atoms with Crippen molar-refractivity contribution >= 4 is 71.7 Å². The Morgan fingerprint density at radius 1 is 1.10 bits per heavy atom. The normalized spacial score (nSPS) is 27.9. The fourth-order valence-corrected chi connectivity index (χ4v) is 45.8. The number of aromatic hydroxyl groups is 1. The van der Waals surface area contributed by atoms with Crippen LogP contribution in [-0.2, 0) is 11.8 Å². The van der Waals surface area contributed by atoms with E-state index in [0.29, 0.717) is 0 Å². The van der Waals surface area contributed by atoms with Crippen LogP contribution in [0.5, 0.6) is 5.75 Å². The third-order valence-electron chi connectivity index (χ3n) is 3.08. The van der Waals surface area contributed by atoms with Crippen molar-refractivity contribution in [2.45, 2.75) is 0 Å². The van der Waals surface area contributed by atoms with E-state index in [1.165, 1.54) is 10.6 Å². The zero-order chi connectivity index (χ0) is 15.1. The van der Waals surface area contributed by atoms with Crippen LogP contribution in [0, 0.1) is 0 Å². The number of hydrogen-bond acceptors (Lipinski definition) is 6. The van der Waals surface area contributed by atoms with Crippen LogP contribution >= 0.6 is 43.6 Å². The quantitative estimate of drug-likeness (QED) is 0.515. The molecule has 0 unspecified atom stereocenters. The summed E-state index contributed by atoms with van der Waals surface area (Å²) in [7, 11) is 1.91. The minimum atomic E-state index is -1.63. The van der Waals surface area contributed by atoms with Gasteiger partial charge in [0.05, 0.1) is 0 Å². The summed E-state index contributed by atoms with van der Waals surface area (Å²) in [6, 6.07) is 15.7. The van der Waals surface area contributed by atoms with Gasteiger partial charge in [0.1, 0.15) is 33.1 Å². The number of phenolic OH excluding ortho intramolecular Hbond substituents is 1. The molecule has 2 aromatic rings. The third-order valence-corrected chi connectivity index (χ3v) is 34.9. The molecular weight excluding hydrogens is 376 g/mol. The van der Waals surface area contributed by atoms with Crippen molar-refractivity contribution in [2.24, 2.45) is 0 Å². The fraction of sp³-hybridized carbons (Fsp3) is 0.0769. The minimum absolute atomic E-state index is 0.288. The Hall–Kier alpha value is 0.170. The van der Waals surface area contributed by atoms with Gasteiger partial charge in [-0.15, -0.1) is 0 Å². The van der Waals surface area contributed by atoms with Gasteiger partial charge in [-0.25, -0.2) is 0 Å². The van der Waals surface area contributed by atoms with Gasteiger partial charge < -0.3 is 10.4 Å². The molecule has 3 rings (SSSR count). The van der Waals surface area contributed by atoms with Crippen molar-refractivity contribution in [1.29, 1.82) is 0 Å². The van der Waals surface area contributed by atoms with Gasteiger partial charge in [-0.3, -0.25) is 0 Å². The van der Waals surface area contributed by atoms with Crippen LogP contribution in [0.2, 0.25) is 0 Å². The highest BCUT2D eigenvalue weighted by molar-refractivity contribution is 9.54. The summed E-state index contributed by atoms with van der Waals surface area (Å²) in [5.41, 5.74) is 1.10. The molecule has 2 aromatic carbocycles. The van der Waals surface area contributed by atoms with Gasteiger partial charge in [-0.05, 0) is 48.5 Å². The summed E-state index contributed by atoms with van der Waals surface area (Å²) in [5.74, 6) is 0.288. The van der Waals surface area contributed by atoms with Crippen LogP contribution in [0.15, 0.2) is 48.5 Å². The largest absolute Gasteiger partial charge is 0.508 e. The van der Waals surface area contributed by atoms with Crippen LogP contribution in [-0.4, -0.2) is 12.2 Å². The Balaban J connectivity index is 1.81. The molecule has 1 saturated heterocycles. The first-order chi connectivity index (χ1) is 9.95. The Morgan fingerprint density at radius 2 is 1.67 bits per heavy atom. The zero-order valence-corrected chi connectivity index (χ0v) is 16.3. The summed E-state index contributed by atoms with van der Waals surface area (Å²) < 4.78 is -1.63. The highest BCUT2D eigenvalue weighted by Crippen LogP contribution is 3.11. The molecule has 2 N–H and O–H groups in total. The smallest absolute Gasteiger partial charge is 0.232 e. The molecule has 21 heavy (non-hydrogen) atoms. The number of benzene rings is 2. The molecule has 8 heteroatoms. The predicted molar refractivity (Wildman–Crippen MR) is 109 cm³/mol. The maximum Gasteiger partial charge on any atom is 0.232 e. The molecular formula is C13H14NOP2S4+. The molecule has 1 aliphatic rings. The lowest BCUT2D eigenvalue weighted by Gasteiger charge is -2.34. The first-order valence-electron chi connectivity index (χ1n) is 6.18. The van der Waals surface area contributed by atoms with Gasteiger partial charge in [-0.2, -0.15) is 0 Å². The molecule has 0 aromatic heterocycles. The van der Waals surface area contributed by atoms with E-state index in [4.69, 9.17) is 24.1 Å². The van der Waals surface area contributed by atoms with E-state index in [9.17, 15) is 5.11 Å². The standard InChI is InChI=1S/C13H13NOP2S4/c1-14-10-2-6-12(7-3-10)16(18)20-17(19,21-16)13-8-4-11(15)5-9-13/h2-9,19H,1H3,(H-,14,15,18)/p+1. The molecule has 110 valence electrons. The molecule has 0 bridgehead atoms. The lowest BCUT2D eigenvalue weighted by atomic mass is 10.3. The van der Waals surface area contributed by atoms with Crippen molar-refractivity contribution < 1.29 is 5.11 Å². The molecule has 0 amide bonds. The Labute approximate surface area is 143 Å². The summed E-state index contributed by atoms with van der Waals surface area (Å²) >= 11 is 14.5. The van der Waals surface area contributed by atoms with Gasteiger partial charge in [0.15, 0.2) is 4.44 Å². The van der Waals surface area contributed by atoms with Crippen molar-refractivity contribution in [1.82, 2.24) is 0 Å². The first kappa shape index (κ1) is 16.0. The second kappa shape index (κ2) is 5.99. The number of thiol groups is 1. The van der Waals surface area contributed by atoms with Crippen molar-refractivity contribution in [2.75, 3.05) is 12.4 Å². The summed E-state index contributed by atoms with van der Waals surface area (Å²) in [6.07, 6.45) is 0. The number of nitrogens with one attached hydrogen (secondary N) is 1. The Morgan fingerprint density at radius 3 is 2.19 bits per heavy atom. The van der Waals surface area contributed by atoms with Gasteiger partial charge in [0.2, 0.25) is 4.87 Å². The molecule has 0 atom stereocenters. The number of anilines is 1. The van der Waals surface area contributed by atoms with Crippen molar-refractivity contribution in [3.8, 4) is 5.75 Å². The van der Waals surface area contributed by atoms with E-state index >= 15 is 0 Å². The van der Waals surface area contributed by atoms with Crippen molar-refractivity contribution in [3.63, 3.8) is 0 Å². The van der Waals surface area contributed by atoms with Crippen LogP contribution in [0.4, 0.5) is 5.69 Å². The minimum Gasteiger partial charge on any atom is -0.508 e. The predicted octanol–water partition coefficient (Wildman–Crippen LogP) is 4.87. The average Bonchev–Trinajstić information content (AvgIpc) is 2.46. The average molecular weight is 390 g/mol. The molecule has 0 spiro atoms. The van der Waals surface area contributed by atoms with Crippen LogP contribution < -0.4 is 15.9 Å². The lowest BCUT2D eigenvalue weighted by molar-refractivity contribution is 0.475. The topological polar surface area (TPSA) is 32.3 Å². The van der Waals surface area contributed by atoms with E-state index in [1.54, 1.807) is 12.1 Å². The monoisotopic (exact) mass is 390 g/mol. The number of rotatable bonds is 3. The molecule has 2 nitrogen and oxygen atoms in total. The number of hydrogen-bond donors (Lipinski definition) is 3. The van der Waals surface area contributed by atoms with E-state index in [0.717, 1.165) is 5.69 Å². The maximum atomic E-state index is 9.40. The lowest BCUT2D eigenvalue weighted by Crippen LogP contribution is -2.10. The zero-order valence-electron chi connectivity index (χ0n) is 11.1. The Kier molecular flexibility index (Phi) is 4.58. The summed E-state index contributed by atoms with van der Waals surface area (Å²) in [4.78, 5) is -1.57. The second-order valence-corrected chi connectivity index (χ2v) is 26.2. The maximum absolute atomic E-state index is 9.40. The van der Waals surface area contributed by atoms with E-state index in [1.807, 2.05) is 41.2 Å². The molecule has 0 radical (unpaired) electrons. The van der Waals surface area contributed by atoms with E-state index in [-0.39, 0.29) is 5.75 Å². The molecule has 1 heterocycles. The molecule has 0 aliphatic carbocycles. The van der Waals surface area contributed by atoms with Gasteiger partial charge in [0.25, 0.3) is 0 Å². The van der Waals surface area contributed by atoms with Crippen LogP contribution in [0.25, 0.3) is 0 Å². The first-order valence-corrected chi connectivity index (χ1v) is 16.0. The molecule has 1 fully saturated rings. The summed E-state index contributed by atoms with van der Waals surface area (Å²) in [5, 5.41) is 15.0. The SMILES string of the molecule is CNc1ccc(P2(=S)S[P+](S)(c3ccc(O)cc3)S2)cc1. The van der Waals surface area contributed by atoms with Crippen LogP contribution in [0.1, 0.15) is 0 Å². The molecule has 1 aliphatic heterocycles. The van der Waals surface area contributed by atoms with Crippen molar-refractivity contribution in [3.05, 3.63) is 48.5 Å². The van der Waals surface area contributed by atoms with E-state index in [2.05, 4.69) is 29.6 Å². The van der Waals surface area contributed by atoms with Gasteiger partial charge >= 0.3 is 0 Å². The summed E-state index contributed by atoms with van der Waals surface area (Å²) in [6.45, 7) is 0. The second-order valence-electron chi connectivity index (χ2n) is 4.49. The Bertz CT molecular complexity index is 695. The fourth-order valence-electron chi connectivity index (χ4n) is 1.94. The van der Waals surface area contributed by atoms with Gasteiger partial charge in [0, 0.05) is 30.3 Å². The number of phenols is 1. The third kappa shape index (κ3) is 3.12. The van der Waals surface area contributed by atoms with Crippen LogP contribution in [0.3, 0.4) is 0 Å². The highest BCUT2D eigenvalue weighted by atomic mass is 33.8. The molecule has 0 saturated carbocycles.